The van der Waals surface area contributed by atoms with Gasteiger partial charge in [-0.1, -0.05) is 274 Å². The van der Waals surface area contributed by atoms with Crippen LogP contribution in [-0.4, -0.2) is 143 Å². The van der Waals surface area contributed by atoms with Crippen molar-refractivity contribution in [2.24, 2.45) is 15.7 Å². The first kappa shape index (κ1) is 93.2. The quantitative estimate of drug-likeness (QED) is 0.0205. The van der Waals surface area contributed by atoms with E-state index in [1.807, 2.05) is 118 Å². The maximum atomic E-state index is 12.2. The summed E-state index contributed by atoms with van der Waals surface area (Å²) in [6, 6.07) is 50.2. The molecule has 0 amide bonds. The van der Waals surface area contributed by atoms with E-state index in [9.17, 15) is 45.3 Å². The summed E-state index contributed by atoms with van der Waals surface area (Å²) in [5.74, 6) is 0.765. The summed E-state index contributed by atoms with van der Waals surface area (Å²) in [4.78, 5) is 36.8. The Bertz CT molecular complexity index is 5050. The highest BCUT2D eigenvalue weighted by atomic mass is 79.9. The van der Waals surface area contributed by atoms with Crippen LogP contribution in [0.4, 0.5) is 0 Å². The van der Waals surface area contributed by atoms with Crippen molar-refractivity contribution in [3.05, 3.63) is 230 Å². The number of phenolic OH excluding ortho intramolecular Hbond substituents is 7. The van der Waals surface area contributed by atoms with Gasteiger partial charge in [0.25, 0.3) is 0 Å². The number of aldehydes is 2. The standard InChI is InChI=1S/C58H74N4O4.C22H14O4.C15H23BrO.C3H10N2.CH4O/c1-55(2,3)43-29-41(51(63)47(31-43)57(7,8)9)35-61(13)25-23-59-33-39-27-37-19-15-17-21-45(37)49(53(39)65)50-46-22-18-16-20-38(46)28-40(54(50)66)34-60-24-26-62(14)36-42-30-44(56(4,5)6)32-48(52(42)64)58(10,11)12;23-11-15-9-13-5-1-3-7-17(13)19(21(15)25)20-18-8-4-2-6-14(18)10-16(12-24)22(20)26;1-14(2,3)11-7-10(9-16)13(17)12(8-11)15(4,5)6;1-5-3-2-4;1-2/h15-22,27-34,63-66H,23-26,35-36H2,1-14H3;1-12,25-26H;7-8,17H,9H2,1-6H3;5H,2-4H2,1H3;2H,1H3. The number of phenols is 7. The third-order valence-electron chi connectivity index (χ3n) is 20.6. The fourth-order valence-electron chi connectivity index (χ4n) is 13.9. The van der Waals surface area contributed by atoms with Gasteiger partial charge in [0.15, 0.2) is 12.6 Å². The lowest BCUT2D eigenvalue weighted by Crippen LogP contribution is -2.23. The van der Waals surface area contributed by atoms with Crippen LogP contribution in [0.2, 0.25) is 0 Å². The minimum atomic E-state index is -0.220. The van der Waals surface area contributed by atoms with Crippen molar-refractivity contribution in [2.75, 3.05) is 67.5 Å². The molecule has 16 nitrogen and oxygen atoms in total. The first-order valence-corrected chi connectivity index (χ1v) is 40.7. The number of nitrogens with two attached hydrogens (primary N) is 1. The highest BCUT2D eigenvalue weighted by Crippen LogP contribution is 2.50. The molecule has 11 aromatic carbocycles. The molecule has 116 heavy (non-hydrogen) atoms. The molecule has 0 aromatic heterocycles. The summed E-state index contributed by atoms with van der Waals surface area (Å²) in [5, 5.41) is 95.8. The molecular formula is C99H125BrN6O10. The van der Waals surface area contributed by atoms with E-state index in [1.54, 1.807) is 36.7 Å². The first-order valence-electron chi connectivity index (χ1n) is 39.6. The van der Waals surface area contributed by atoms with E-state index in [-0.39, 0.29) is 66.6 Å². The number of likely N-dealkylation sites (N-methyl/N-ethyl adjacent to an activating group) is 3. The Morgan fingerprint density at radius 3 is 0.879 bits per heavy atom. The van der Waals surface area contributed by atoms with Crippen LogP contribution in [0.25, 0.3) is 65.3 Å². The summed E-state index contributed by atoms with van der Waals surface area (Å²) >= 11 is 3.45. The Balaban J connectivity index is 0.000000299. The molecule has 0 unspecified atom stereocenters. The lowest BCUT2D eigenvalue weighted by molar-refractivity contribution is 0.111. The van der Waals surface area contributed by atoms with E-state index in [1.165, 1.54) is 16.7 Å². The van der Waals surface area contributed by atoms with Gasteiger partial charge < -0.3 is 61.7 Å². The highest BCUT2D eigenvalue weighted by Gasteiger charge is 2.30. The minimum absolute atomic E-state index is 0.0361. The molecule has 0 aliphatic heterocycles. The van der Waals surface area contributed by atoms with Crippen molar-refractivity contribution < 1.29 is 50.4 Å². The summed E-state index contributed by atoms with van der Waals surface area (Å²) in [5.41, 5.74) is 17.1. The number of halogens is 1. The number of nitrogens with zero attached hydrogens (tertiary/aromatic N) is 4. The van der Waals surface area contributed by atoms with Crippen molar-refractivity contribution in [3.63, 3.8) is 0 Å². The molecule has 11 N–H and O–H groups in total. The maximum absolute atomic E-state index is 12.2. The molecule has 0 radical (unpaired) electrons. The molecule has 0 saturated heterocycles. The number of hydrogen-bond donors (Lipinski definition) is 10. The van der Waals surface area contributed by atoms with Crippen molar-refractivity contribution in [3.8, 4) is 62.5 Å². The molecule has 0 heterocycles. The first-order chi connectivity index (χ1) is 54.4. The number of aliphatic hydroxyl groups is 1. The zero-order valence-corrected chi connectivity index (χ0v) is 73.9. The van der Waals surface area contributed by atoms with E-state index < -0.39 is 0 Å². The number of aliphatic hydroxyl groups excluding tert-OH is 1. The second-order valence-electron chi connectivity index (χ2n) is 36.0. The Morgan fingerprint density at radius 1 is 0.379 bits per heavy atom. The summed E-state index contributed by atoms with van der Waals surface area (Å²) < 4.78 is 0. The van der Waals surface area contributed by atoms with E-state index >= 15 is 0 Å². The lowest BCUT2D eigenvalue weighted by Gasteiger charge is -2.28. The fourth-order valence-corrected chi connectivity index (χ4v) is 14.4. The normalized spacial score (nSPS) is 12.2. The zero-order valence-electron chi connectivity index (χ0n) is 72.3. The summed E-state index contributed by atoms with van der Waals surface area (Å²) in [6.45, 7) is 44.0. The molecule has 11 aromatic rings. The lowest BCUT2D eigenvalue weighted by atomic mass is 9.79. The topological polar surface area (TPSA) is 265 Å². The van der Waals surface area contributed by atoms with Crippen LogP contribution >= 0.6 is 15.9 Å². The maximum Gasteiger partial charge on any atom is 0.153 e. The van der Waals surface area contributed by atoms with Gasteiger partial charge in [-0.25, -0.2) is 0 Å². The zero-order chi connectivity index (χ0) is 86.3. The van der Waals surface area contributed by atoms with Crippen molar-refractivity contribution in [1.29, 1.82) is 0 Å². The predicted octanol–water partition coefficient (Wildman–Crippen LogP) is 21.1. The van der Waals surface area contributed by atoms with Gasteiger partial charge >= 0.3 is 0 Å². The minimum Gasteiger partial charge on any atom is -0.507 e. The Hall–Kier alpha value is -9.98. The number of hydrogen-bond acceptors (Lipinski definition) is 16. The van der Waals surface area contributed by atoms with Crippen LogP contribution < -0.4 is 11.1 Å². The van der Waals surface area contributed by atoms with E-state index in [0.29, 0.717) is 119 Å². The Morgan fingerprint density at radius 2 is 0.638 bits per heavy atom. The van der Waals surface area contributed by atoms with Gasteiger partial charge in [-0.2, -0.15) is 0 Å². The molecule has 11 rings (SSSR count). The van der Waals surface area contributed by atoms with Crippen LogP contribution in [0, 0.1) is 0 Å². The molecule has 0 fully saturated rings. The van der Waals surface area contributed by atoms with Crippen LogP contribution in [0.3, 0.4) is 0 Å². The fraction of sp³-hybridized carbons (Fsp3) is 0.374. The van der Waals surface area contributed by atoms with Crippen LogP contribution in [0.15, 0.2) is 168 Å². The summed E-state index contributed by atoms with van der Waals surface area (Å²) in [6.07, 6.45) is 4.60. The highest BCUT2D eigenvalue weighted by molar-refractivity contribution is 9.08. The summed E-state index contributed by atoms with van der Waals surface area (Å²) in [7, 11) is 6.95. The van der Waals surface area contributed by atoms with Crippen LogP contribution in [0.5, 0.6) is 40.2 Å². The number of nitrogens with one attached hydrogen (secondary N) is 1. The van der Waals surface area contributed by atoms with Gasteiger partial charge in [0, 0.05) is 114 Å². The molecule has 0 spiro atoms. The SMILES string of the molecule is CC(C)(C)c1cc(CBr)c(O)c(C(C)(C)C)c1.CN(CCN=Cc1cc2ccccc2c(-c2c(O)c(C=NCCN(C)Cc3cc(C(C)(C)C)cc(C(C)(C)C)c3O)cc3ccccc23)c1O)Cc1cc(C(C)(C)C)cc(C(C)(C)C)c1O.CNCCN.CO.O=Cc1cc2ccccc2c(-c2c(O)c(C=O)cc3ccccc23)c1O. The number of benzene rings is 11. The molecule has 0 atom stereocenters. The van der Waals surface area contributed by atoms with Crippen LogP contribution in [0.1, 0.15) is 207 Å². The number of fused-ring (bicyclic) bond motifs is 4. The van der Waals surface area contributed by atoms with Gasteiger partial charge in [-0.3, -0.25) is 19.6 Å². The number of alkyl halides is 1. The molecule has 0 aliphatic rings. The van der Waals surface area contributed by atoms with Crippen molar-refractivity contribution in [1.82, 2.24) is 15.1 Å². The van der Waals surface area contributed by atoms with Crippen molar-refractivity contribution >= 4 is 84.0 Å². The largest absolute Gasteiger partial charge is 0.507 e. The second kappa shape index (κ2) is 39.3. The average molecular weight is 1640 g/mol. The Kier molecular flexibility index (Phi) is 31.6. The van der Waals surface area contributed by atoms with E-state index in [2.05, 4.69) is 192 Å². The molecule has 17 heteroatoms. The number of aromatic hydroxyl groups is 7. The average Bonchev–Trinajstić information content (AvgIpc) is 0.743. The van der Waals surface area contributed by atoms with Gasteiger partial charge in [0.1, 0.15) is 40.2 Å². The van der Waals surface area contributed by atoms with Gasteiger partial charge in [-0.05, 0) is 154 Å². The number of carbonyl (C=O) groups excluding carboxylic acids is 2. The van der Waals surface area contributed by atoms with Crippen molar-refractivity contribution in [2.45, 2.75) is 176 Å². The predicted molar refractivity (Wildman–Crippen MR) is 489 cm³/mol. The van der Waals surface area contributed by atoms with E-state index in [0.717, 1.165) is 85.9 Å². The van der Waals surface area contributed by atoms with Gasteiger partial charge in [-0.15, -0.1) is 0 Å². The third kappa shape index (κ3) is 22.8. The molecule has 0 saturated carbocycles. The molecule has 0 bridgehead atoms. The van der Waals surface area contributed by atoms with Crippen LogP contribution in [-0.2, 0) is 50.9 Å². The molecular weight excluding hydrogens is 1510 g/mol. The van der Waals surface area contributed by atoms with E-state index in [4.69, 9.17) is 20.8 Å². The Labute approximate surface area is 696 Å². The monoisotopic (exact) mass is 1640 g/mol. The number of carbonyl (C=O) groups is 2. The number of rotatable bonds is 19. The second-order valence-corrected chi connectivity index (χ2v) is 36.6. The number of aliphatic imine (C=N–C) groups is 2. The van der Waals surface area contributed by atoms with Gasteiger partial charge in [0.05, 0.1) is 24.2 Å². The molecule has 0 aliphatic carbocycles. The van der Waals surface area contributed by atoms with Gasteiger partial charge in [0.2, 0.25) is 0 Å². The molecule has 618 valence electrons. The third-order valence-corrected chi connectivity index (χ3v) is 21.3. The smallest absolute Gasteiger partial charge is 0.153 e.